The lowest BCUT2D eigenvalue weighted by molar-refractivity contribution is 0.170. The number of benzene rings is 1. The highest BCUT2D eigenvalue weighted by Crippen LogP contribution is 2.20. The van der Waals surface area contributed by atoms with E-state index >= 15 is 0 Å². The largest absolute Gasteiger partial charge is 0.458 e. The molecule has 0 unspecified atom stereocenters. The third kappa shape index (κ3) is 1.96. The van der Waals surface area contributed by atoms with Gasteiger partial charge in [-0.1, -0.05) is 15.9 Å². The standard InChI is InChI=1S/C11H9BrO3/c1-6(13)11-5-9(14)8-4-7(12)2-3-10(8)15-11/h2-6,13H,1H3/t6-/m1/s1. The lowest BCUT2D eigenvalue weighted by Gasteiger charge is -2.04. The van der Waals surface area contributed by atoms with Gasteiger partial charge in [-0.3, -0.25) is 4.79 Å². The molecule has 0 aliphatic carbocycles. The minimum atomic E-state index is -0.772. The molecule has 3 nitrogen and oxygen atoms in total. The van der Waals surface area contributed by atoms with Crippen molar-refractivity contribution in [1.29, 1.82) is 0 Å². The molecule has 1 atom stereocenters. The van der Waals surface area contributed by atoms with Crippen molar-refractivity contribution in [3.8, 4) is 0 Å². The van der Waals surface area contributed by atoms with Gasteiger partial charge in [0.15, 0.2) is 5.43 Å². The Balaban J connectivity index is 2.79. The predicted octanol–water partition coefficient (Wildman–Crippen LogP) is 2.61. The highest BCUT2D eigenvalue weighted by Gasteiger charge is 2.08. The highest BCUT2D eigenvalue weighted by atomic mass is 79.9. The van der Waals surface area contributed by atoms with Crippen molar-refractivity contribution in [3.05, 3.63) is 44.7 Å². The molecule has 0 aliphatic rings. The van der Waals surface area contributed by atoms with Gasteiger partial charge >= 0.3 is 0 Å². The van der Waals surface area contributed by atoms with Crippen molar-refractivity contribution in [2.45, 2.75) is 13.0 Å². The Kier molecular flexibility index (Phi) is 2.63. The molecule has 1 N–H and O–H groups in total. The molecule has 2 aromatic rings. The van der Waals surface area contributed by atoms with E-state index in [4.69, 9.17) is 4.42 Å². The SMILES string of the molecule is C[C@@H](O)c1cc(=O)c2cc(Br)ccc2o1. The second kappa shape index (κ2) is 3.79. The van der Waals surface area contributed by atoms with Crippen LogP contribution in [0.15, 0.2) is 37.9 Å². The van der Waals surface area contributed by atoms with Gasteiger partial charge in [0.05, 0.1) is 5.39 Å². The van der Waals surface area contributed by atoms with Crippen molar-refractivity contribution in [3.63, 3.8) is 0 Å². The van der Waals surface area contributed by atoms with E-state index in [1.807, 2.05) is 0 Å². The molecular formula is C11H9BrO3. The Hall–Kier alpha value is -1.13. The van der Waals surface area contributed by atoms with Gasteiger partial charge in [0.25, 0.3) is 0 Å². The molecule has 1 aromatic carbocycles. The van der Waals surface area contributed by atoms with E-state index in [0.29, 0.717) is 11.0 Å². The first-order chi connectivity index (χ1) is 7.08. The Morgan fingerprint density at radius 3 is 2.80 bits per heavy atom. The first-order valence-electron chi connectivity index (χ1n) is 4.49. The zero-order chi connectivity index (χ0) is 11.0. The summed E-state index contributed by atoms with van der Waals surface area (Å²) in [7, 11) is 0. The van der Waals surface area contributed by atoms with Gasteiger partial charge in [0.1, 0.15) is 17.4 Å². The summed E-state index contributed by atoms with van der Waals surface area (Å²) >= 11 is 3.28. The third-order valence-electron chi connectivity index (χ3n) is 2.12. The van der Waals surface area contributed by atoms with E-state index < -0.39 is 6.10 Å². The summed E-state index contributed by atoms with van der Waals surface area (Å²) < 4.78 is 6.21. The molecule has 1 aromatic heterocycles. The fourth-order valence-electron chi connectivity index (χ4n) is 1.35. The van der Waals surface area contributed by atoms with Crippen LogP contribution in [0.25, 0.3) is 11.0 Å². The van der Waals surface area contributed by atoms with Crippen molar-refractivity contribution >= 4 is 26.9 Å². The highest BCUT2D eigenvalue weighted by molar-refractivity contribution is 9.10. The van der Waals surface area contributed by atoms with Crippen LogP contribution < -0.4 is 5.43 Å². The Labute approximate surface area is 94.5 Å². The van der Waals surface area contributed by atoms with Crippen LogP contribution >= 0.6 is 15.9 Å². The summed E-state index contributed by atoms with van der Waals surface area (Å²) in [4.78, 5) is 11.7. The van der Waals surface area contributed by atoms with Crippen LogP contribution in [0.2, 0.25) is 0 Å². The van der Waals surface area contributed by atoms with E-state index in [9.17, 15) is 9.90 Å². The Morgan fingerprint density at radius 2 is 2.13 bits per heavy atom. The molecule has 0 fully saturated rings. The van der Waals surface area contributed by atoms with E-state index in [1.54, 1.807) is 25.1 Å². The quantitative estimate of drug-likeness (QED) is 0.865. The molecular weight excluding hydrogens is 260 g/mol. The molecule has 0 aliphatic heterocycles. The predicted molar refractivity (Wildman–Crippen MR) is 60.8 cm³/mol. The molecule has 0 radical (unpaired) electrons. The Bertz CT molecular complexity index is 557. The number of hydrogen-bond acceptors (Lipinski definition) is 3. The van der Waals surface area contributed by atoms with E-state index in [2.05, 4.69) is 15.9 Å². The van der Waals surface area contributed by atoms with Gasteiger partial charge in [0, 0.05) is 10.5 Å². The summed E-state index contributed by atoms with van der Waals surface area (Å²) in [5.74, 6) is 0.287. The molecule has 78 valence electrons. The number of aliphatic hydroxyl groups excluding tert-OH is 1. The smallest absolute Gasteiger partial charge is 0.193 e. The summed E-state index contributed by atoms with van der Waals surface area (Å²) in [5.41, 5.74) is 0.343. The van der Waals surface area contributed by atoms with E-state index in [1.165, 1.54) is 6.07 Å². The average molecular weight is 269 g/mol. The normalized spacial score (nSPS) is 13.0. The fraction of sp³-hybridized carbons (Fsp3) is 0.182. The van der Waals surface area contributed by atoms with Gasteiger partial charge in [-0.05, 0) is 25.1 Å². The van der Waals surface area contributed by atoms with Crippen LogP contribution in [-0.4, -0.2) is 5.11 Å². The second-order valence-corrected chi connectivity index (χ2v) is 4.25. The maximum Gasteiger partial charge on any atom is 0.193 e. The maximum atomic E-state index is 11.7. The lowest BCUT2D eigenvalue weighted by Crippen LogP contribution is -2.03. The third-order valence-corrected chi connectivity index (χ3v) is 2.61. The summed E-state index contributed by atoms with van der Waals surface area (Å²) in [6.45, 7) is 1.56. The average Bonchev–Trinajstić information content (AvgIpc) is 2.18. The summed E-state index contributed by atoms with van der Waals surface area (Å²) in [6.07, 6.45) is -0.772. The van der Waals surface area contributed by atoms with Crippen LogP contribution in [0.1, 0.15) is 18.8 Å². The van der Waals surface area contributed by atoms with Crippen LogP contribution in [0.3, 0.4) is 0 Å². The zero-order valence-electron chi connectivity index (χ0n) is 8.03. The first-order valence-corrected chi connectivity index (χ1v) is 5.28. The molecule has 4 heteroatoms. The lowest BCUT2D eigenvalue weighted by atomic mass is 10.2. The fourth-order valence-corrected chi connectivity index (χ4v) is 1.71. The molecule has 0 spiro atoms. The molecule has 0 bridgehead atoms. The van der Waals surface area contributed by atoms with Crippen molar-refractivity contribution in [2.75, 3.05) is 0 Å². The van der Waals surface area contributed by atoms with Crippen LogP contribution in [0, 0.1) is 0 Å². The maximum absolute atomic E-state index is 11.7. The van der Waals surface area contributed by atoms with E-state index in [-0.39, 0.29) is 11.2 Å². The van der Waals surface area contributed by atoms with Gasteiger partial charge in [-0.2, -0.15) is 0 Å². The van der Waals surface area contributed by atoms with Gasteiger partial charge < -0.3 is 9.52 Å². The minimum absolute atomic E-state index is 0.145. The number of halogens is 1. The molecule has 0 saturated carbocycles. The van der Waals surface area contributed by atoms with Crippen molar-refractivity contribution in [2.24, 2.45) is 0 Å². The van der Waals surface area contributed by atoms with Crippen LogP contribution in [-0.2, 0) is 0 Å². The zero-order valence-corrected chi connectivity index (χ0v) is 9.61. The minimum Gasteiger partial charge on any atom is -0.458 e. The molecule has 1 heterocycles. The monoisotopic (exact) mass is 268 g/mol. The molecule has 0 saturated heterocycles. The number of aliphatic hydroxyl groups is 1. The van der Waals surface area contributed by atoms with Gasteiger partial charge in [-0.15, -0.1) is 0 Å². The van der Waals surface area contributed by atoms with Crippen molar-refractivity contribution in [1.82, 2.24) is 0 Å². The van der Waals surface area contributed by atoms with Gasteiger partial charge in [0.2, 0.25) is 0 Å². The number of fused-ring (bicyclic) bond motifs is 1. The summed E-state index contributed by atoms with van der Waals surface area (Å²) in [6, 6.07) is 6.51. The number of hydrogen-bond donors (Lipinski definition) is 1. The molecule has 2 rings (SSSR count). The van der Waals surface area contributed by atoms with Crippen LogP contribution in [0.4, 0.5) is 0 Å². The topological polar surface area (TPSA) is 50.4 Å². The number of rotatable bonds is 1. The second-order valence-electron chi connectivity index (χ2n) is 3.33. The van der Waals surface area contributed by atoms with E-state index in [0.717, 1.165) is 4.47 Å². The Morgan fingerprint density at radius 1 is 1.40 bits per heavy atom. The molecule has 0 amide bonds. The summed E-state index contributed by atoms with van der Waals surface area (Å²) in [5, 5.41) is 9.83. The van der Waals surface area contributed by atoms with Crippen LogP contribution in [0.5, 0.6) is 0 Å². The first kappa shape index (κ1) is 10.4. The van der Waals surface area contributed by atoms with Gasteiger partial charge in [-0.25, -0.2) is 0 Å². The van der Waals surface area contributed by atoms with Crippen molar-refractivity contribution < 1.29 is 9.52 Å². The molecule has 15 heavy (non-hydrogen) atoms.